The lowest BCUT2D eigenvalue weighted by Gasteiger charge is -2.19. The lowest BCUT2D eigenvalue weighted by Crippen LogP contribution is -2.24. The van der Waals surface area contributed by atoms with Gasteiger partial charge in [0.25, 0.3) is 5.91 Å². The van der Waals surface area contributed by atoms with Crippen molar-refractivity contribution < 1.29 is 9.90 Å². The summed E-state index contributed by atoms with van der Waals surface area (Å²) in [5.74, 6) is -0.523. The minimum absolute atomic E-state index is 0.0558. The SMILES string of the molecule is CCCCc1cc(CCCC)c(-n2cc(C(N)=O)c(=O)c3ccccc32)cc1O. The van der Waals surface area contributed by atoms with Crippen molar-refractivity contribution >= 4 is 16.8 Å². The summed E-state index contributed by atoms with van der Waals surface area (Å²) in [6, 6.07) is 11.0. The zero-order valence-electron chi connectivity index (χ0n) is 17.1. The number of rotatable bonds is 8. The summed E-state index contributed by atoms with van der Waals surface area (Å²) in [4.78, 5) is 24.6. The van der Waals surface area contributed by atoms with E-state index in [4.69, 9.17) is 5.73 Å². The molecule has 0 spiro atoms. The number of aromatic nitrogens is 1. The van der Waals surface area contributed by atoms with Gasteiger partial charge in [-0.3, -0.25) is 9.59 Å². The van der Waals surface area contributed by atoms with E-state index >= 15 is 0 Å². The number of hydrogen-bond donors (Lipinski definition) is 2. The van der Waals surface area contributed by atoms with Crippen LogP contribution in [0.15, 0.2) is 47.4 Å². The number of phenols is 1. The van der Waals surface area contributed by atoms with Gasteiger partial charge in [0, 0.05) is 17.6 Å². The number of primary amides is 1. The van der Waals surface area contributed by atoms with Gasteiger partial charge in [0.15, 0.2) is 0 Å². The van der Waals surface area contributed by atoms with E-state index in [0.29, 0.717) is 10.9 Å². The molecule has 0 radical (unpaired) electrons. The van der Waals surface area contributed by atoms with Crippen LogP contribution in [0.1, 0.15) is 61.0 Å². The Labute approximate surface area is 170 Å². The molecule has 0 unspecified atom stereocenters. The minimum Gasteiger partial charge on any atom is -0.508 e. The van der Waals surface area contributed by atoms with Crippen LogP contribution in [-0.4, -0.2) is 15.6 Å². The molecule has 0 aliphatic rings. The maximum atomic E-state index is 12.7. The van der Waals surface area contributed by atoms with Gasteiger partial charge in [-0.05, 0) is 48.9 Å². The Hall–Kier alpha value is -3.08. The second kappa shape index (κ2) is 8.95. The average Bonchev–Trinajstić information content (AvgIpc) is 2.72. The molecule has 5 heteroatoms. The van der Waals surface area contributed by atoms with Crippen LogP contribution in [0.4, 0.5) is 0 Å². The molecule has 152 valence electrons. The van der Waals surface area contributed by atoms with Gasteiger partial charge in [0.1, 0.15) is 11.3 Å². The fourth-order valence-corrected chi connectivity index (χ4v) is 3.69. The zero-order chi connectivity index (χ0) is 21.0. The normalized spacial score (nSPS) is 11.1. The first-order chi connectivity index (χ1) is 14.0. The molecule has 1 aromatic heterocycles. The number of fused-ring (bicyclic) bond motifs is 1. The molecule has 3 rings (SSSR count). The number of aryl methyl sites for hydroxylation is 2. The number of nitrogens with zero attached hydrogens (tertiary/aromatic N) is 1. The predicted octanol–water partition coefficient (Wildman–Crippen LogP) is 4.48. The van der Waals surface area contributed by atoms with Crippen LogP contribution < -0.4 is 11.2 Å². The Morgan fingerprint density at radius 1 is 1.03 bits per heavy atom. The molecule has 2 aromatic carbocycles. The monoisotopic (exact) mass is 392 g/mol. The molecule has 0 aliphatic carbocycles. The Balaban J connectivity index is 2.30. The highest BCUT2D eigenvalue weighted by Gasteiger charge is 2.17. The second-order valence-electron chi connectivity index (χ2n) is 7.44. The number of para-hydroxylation sites is 1. The van der Waals surface area contributed by atoms with Crippen LogP contribution >= 0.6 is 0 Å². The molecule has 3 N–H and O–H groups in total. The lowest BCUT2D eigenvalue weighted by atomic mass is 9.98. The number of nitrogens with two attached hydrogens (primary N) is 1. The van der Waals surface area contributed by atoms with E-state index in [9.17, 15) is 14.7 Å². The van der Waals surface area contributed by atoms with Gasteiger partial charge in [0.2, 0.25) is 5.43 Å². The third-order valence-corrected chi connectivity index (χ3v) is 5.32. The van der Waals surface area contributed by atoms with Gasteiger partial charge < -0.3 is 15.4 Å². The van der Waals surface area contributed by atoms with E-state index in [1.807, 2.05) is 16.7 Å². The van der Waals surface area contributed by atoms with E-state index in [1.165, 1.54) is 6.20 Å². The van der Waals surface area contributed by atoms with E-state index < -0.39 is 5.91 Å². The molecule has 5 nitrogen and oxygen atoms in total. The first-order valence-corrected chi connectivity index (χ1v) is 10.3. The summed E-state index contributed by atoms with van der Waals surface area (Å²) in [7, 11) is 0. The second-order valence-corrected chi connectivity index (χ2v) is 7.44. The van der Waals surface area contributed by atoms with Crippen LogP contribution in [-0.2, 0) is 12.8 Å². The summed E-state index contributed by atoms with van der Waals surface area (Å²) >= 11 is 0. The Morgan fingerprint density at radius 3 is 2.34 bits per heavy atom. The fraction of sp³-hybridized carbons (Fsp3) is 0.333. The molecule has 29 heavy (non-hydrogen) atoms. The average molecular weight is 392 g/mol. The van der Waals surface area contributed by atoms with E-state index in [0.717, 1.165) is 55.3 Å². The predicted molar refractivity (Wildman–Crippen MR) is 117 cm³/mol. The molecule has 0 saturated heterocycles. The molecule has 0 bridgehead atoms. The minimum atomic E-state index is -0.756. The Kier molecular flexibility index (Phi) is 6.37. The molecule has 3 aromatic rings. The number of carbonyl (C=O) groups excluding carboxylic acids is 1. The zero-order valence-corrected chi connectivity index (χ0v) is 17.1. The van der Waals surface area contributed by atoms with Crippen LogP contribution in [0.25, 0.3) is 16.6 Å². The van der Waals surface area contributed by atoms with Gasteiger partial charge in [-0.2, -0.15) is 0 Å². The molecule has 0 fully saturated rings. The Morgan fingerprint density at radius 2 is 1.69 bits per heavy atom. The van der Waals surface area contributed by atoms with Gasteiger partial charge in [0.05, 0.1) is 11.2 Å². The van der Waals surface area contributed by atoms with Gasteiger partial charge in [-0.1, -0.05) is 44.9 Å². The fourth-order valence-electron chi connectivity index (χ4n) is 3.69. The number of benzene rings is 2. The first kappa shape index (κ1) is 20.6. The number of carbonyl (C=O) groups is 1. The van der Waals surface area contributed by atoms with Crippen LogP contribution in [0.5, 0.6) is 5.75 Å². The topological polar surface area (TPSA) is 85.3 Å². The molecule has 1 heterocycles. The van der Waals surface area contributed by atoms with Crippen molar-refractivity contribution in [2.45, 2.75) is 52.4 Å². The number of unbranched alkanes of at least 4 members (excludes halogenated alkanes) is 2. The van der Waals surface area contributed by atoms with Crippen molar-refractivity contribution in [3.63, 3.8) is 0 Å². The standard InChI is InChI=1S/C24H28N2O3/c1-3-5-9-16-13-17(10-6-4-2)22(27)14-21(16)26-15-19(24(25)29)23(28)18-11-7-8-12-20(18)26/h7-8,11-15,27H,3-6,9-10H2,1-2H3,(H2,25,29). The number of amides is 1. The van der Waals surface area contributed by atoms with E-state index in [-0.39, 0.29) is 16.7 Å². The van der Waals surface area contributed by atoms with Crippen molar-refractivity contribution in [3.05, 3.63) is 69.5 Å². The number of pyridine rings is 1. The molecule has 1 amide bonds. The van der Waals surface area contributed by atoms with Crippen molar-refractivity contribution in [3.8, 4) is 11.4 Å². The maximum Gasteiger partial charge on any atom is 0.254 e. The van der Waals surface area contributed by atoms with Crippen LogP contribution in [0.2, 0.25) is 0 Å². The van der Waals surface area contributed by atoms with Crippen LogP contribution in [0.3, 0.4) is 0 Å². The van der Waals surface area contributed by atoms with Crippen molar-refractivity contribution in [1.29, 1.82) is 0 Å². The summed E-state index contributed by atoms with van der Waals surface area (Å²) in [6.45, 7) is 4.26. The molecular weight excluding hydrogens is 364 g/mol. The summed E-state index contributed by atoms with van der Waals surface area (Å²) in [5, 5.41) is 11.1. The van der Waals surface area contributed by atoms with Gasteiger partial charge >= 0.3 is 0 Å². The lowest BCUT2D eigenvalue weighted by molar-refractivity contribution is 0.0999. The quantitative estimate of drug-likeness (QED) is 0.593. The number of aromatic hydroxyl groups is 1. The van der Waals surface area contributed by atoms with Crippen molar-refractivity contribution in [2.75, 3.05) is 0 Å². The smallest absolute Gasteiger partial charge is 0.254 e. The maximum absolute atomic E-state index is 12.7. The third kappa shape index (κ3) is 4.19. The highest BCUT2D eigenvalue weighted by molar-refractivity contribution is 5.96. The summed E-state index contributed by atoms with van der Waals surface area (Å²) in [6.07, 6.45) is 7.28. The van der Waals surface area contributed by atoms with Crippen molar-refractivity contribution in [2.24, 2.45) is 5.73 Å². The summed E-state index contributed by atoms with van der Waals surface area (Å²) < 4.78 is 1.81. The third-order valence-electron chi connectivity index (χ3n) is 5.32. The van der Waals surface area contributed by atoms with Crippen molar-refractivity contribution in [1.82, 2.24) is 4.57 Å². The molecule has 0 aliphatic heterocycles. The molecule has 0 saturated carbocycles. The van der Waals surface area contributed by atoms with Gasteiger partial charge in [-0.25, -0.2) is 0 Å². The van der Waals surface area contributed by atoms with E-state index in [1.54, 1.807) is 18.2 Å². The van der Waals surface area contributed by atoms with E-state index in [2.05, 4.69) is 19.9 Å². The number of hydrogen-bond acceptors (Lipinski definition) is 3. The molecular formula is C24H28N2O3. The van der Waals surface area contributed by atoms with Crippen LogP contribution in [0, 0.1) is 0 Å². The highest BCUT2D eigenvalue weighted by Crippen LogP contribution is 2.30. The number of phenolic OH excluding ortho intramolecular Hbond substituents is 1. The summed E-state index contributed by atoms with van der Waals surface area (Å²) in [5.41, 5.74) is 8.52. The Bertz CT molecular complexity index is 1100. The first-order valence-electron chi connectivity index (χ1n) is 10.3. The van der Waals surface area contributed by atoms with Gasteiger partial charge in [-0.15, -0.1) is 0 Å². The molecule has 0 atom stereocenters. The highest BCUT2D eigenvalue weighted by atomic mass is 16.3. The largest absolute Gasteiger partial charge is 0.508 e.